The van der Waals surface area contributed by atoms with Crippen molar-refractivity contribution in [3.63, 3.8) is 0 Å². The summed E-state index contributed by atoms with van der Waals surface area (Å²) in [4.78, 5) is 23.1. The first-order valence-electron chi connectivity index (χ1n) is 7.11. The highest BCUT2D eigenvalue weighted by Crippen LogP contribution is 2.57. The Balaban J connectivity index is 2.05. The molecule has 2 aliphatic carbocycles. The van der Waals surface area contributed by atoms with Crippen LogP contribution in [0.4, 0.5) is 0 Å². The average molecular weight is 280 g/mol. The highest BCUT2D eigenvalue weighted by molar-refractivity contribution is 5.91. The van der Waals surface area contributed by atoms with Crippen molar-refractivity contribution < 1.29 is 24.5 Å². The Morgan fingerprint density at radius 3 is 2.75 bits per heavy atom. The maximum absolute atomic E-state index is 11.8. The number of aldehydes is 1. The van der Waals surface area contributed by atoms with E-state index in [-0.39, 0.29) is 17.4 Å². The molecule has 0 amide bonds. The SMILES string of the molecule is C=C1C(=O)O[C@H]2[C@H]1[C@@H](O)C[C@]1(C)[C@@H]2[C@@H](C=O)CC[C@H]1O. The van der Waals surface area contributed by atoms with Gasteiger partial charge in [0.2, 0.25) is 0 Å². The van der Waals surface area contributed by atoms with Crippen molar-refractivity contribution in [3.05, 3.63) is 12.2 Å². The zero-order valence-corrected chi connectivity index (χ0v) is 11.5. The number of hydrogen-bond acceptors (Lipinski definition) is 5. The van der Waals surface area contributed by atoms with Gasteiger partial charge in [-0.15, -0.1) is 0 Å². The molecule has 5 heteroatoms. The molecule has 0 radical (unpaired) electrons. The van der Waals surface area contributed by atoms with Crippen molar-refractivity contribution in [3.8, 4) is 0 Å². The van der Waals surface area contributed by atoms with E-state index in [2.05, 4.69) is 6.58 Å². The van der Waals surface area contributed by atoms with E-state index in [1.54, 1.807) is 0 Å². The third-order valence-electron chi connectivity index (χ3n) is 5.61. The van der Waals surface area contributed by atoms with E-state index in [1.165, 1.54) is 0 Å². The normalized spacial score (nSPS) is 51.1. The quantitative estimate of drug-likeness (QED) is 0.414. The molecule has 110 valence electrons. The summed E-state index contributed by atoms with van der Waals surface area (Å²) in [6.07, 6.45) is 0.489. The Labute approximate surface area is 117 Å². The largest absolute Gasteiger partial charge is 0.458 e. The number of esters is 1. The number of aliphatic hydroxyl groups excluding tert-OH is 2. The summed E-state index contributed by atoms with van der Waals surface area (Å²) >= 11 is 0. The monoisotopic (exact) mass is 280 g/mol. The van der Waals surface area contributed by atoms with Gasteiger partial charge in [-0.1, -0.05) is 13.5 Å². The summed E-state index contributed by atoms with van der Waals surface area (Å²) in [6, 6.07) is 0. The lowest BCUT2D eigenvalue weighted by Gasteiger charge is -2.55. The van der Waals surface area contributed by atoms with E-state index in [0.717, 1.165) is 6.29 Å². The van der Waals surface area contributed by atoms with Gasteiger partial charge in [0.15, 0.2) is 0 Å². The fourth-order valence-corrected chi connectivity index (χ4v) is 4.55. The zero-order chi connectivity index (χ0) is 14.7. The Morgan fingerprint density at radius 1 is 1.40 bits per heavy atom. The van der Waals surface area contributed by atoms with Crippen molar-refractivity contribution in [2.75, 3.05) is 0 Å². The first-order chi connectivity index (χ1) is 9.40. The van der Waals surface area contributed by atoms with Gasteiger partial charge in [-0.3, -0.25) is 0 Å². The molecule has 20 heavy (non-hydrogen) atoms. The lowest BCUT2D eigenvalue weighted by atomic mass is 9.52. The second-order valence-electron chi connectivity index (χ2n) is 6.62. The van der Waals surface area contributed by atoms with E-state index < -0.39 is 35.6 Å². The van der Waals surface area contributed by atoms with Crippen molar-refractivity contribution >= 4 is 12.3 Å². The molecule has 3 rings (SSSR count). The Morgan fingerprint density at radius 2 is 2.10 bits per heavy atom. The number of aliphatic hydroxyl groups is 2. The van der Waals surface area contributed by atoms with Crippen molar-refractivity contribution in [2.45, 2.75) is 44.5 Å². The Bertz CT molecular complexity index is 473. The molecule has 1 saturated heterocycles. The van der Waals surface area contributed by atoms with Crippen LogP contribution in [0, 0.1) is 23.2 Å². The number of carbonyl (C=O) groups excluding carboxylic acids is 2. The maximum Gasteiger partial charge on any atom is 0.334 e. The van der Waals surface area contributed by atoms with Crippen molar-refractivity contribution in [1.29, 1.82) is 0 Å². The minimum atomic E-state index is -0.764. The Kier molecular flexibility index (Phi) is 3.03. The predicted octanol–water partition coefficient (Wildman–Crippen LogP) is 0.441. The number of ether oxygens (including phenoxy) is 1. The summed E-state index contributed by atoms with van der Waals surface area (Å²) < 4.78 is 5.39. The van der Waals surface area contributed by atoms with Gasteiger partial charge in [0, 0.05) is 22.8 Å². The minimum Gasteiger partial charge on any atom is -0.458 e. The summed E-state index contributed by atoms with van der Waals surface area (Å²) in [5, 5.41) is 20.7. The molecule has 7 atom stereocenters. The fourth-order valence-electron chi connectivity index (χ4n) is 4.55. The number of fused-ring (bicyclic) bond motifs is 3. The molecule has 3 aliphatic rings. The van der Waals surface area contributed by atoms with Crippen molar-refractivity contribution in [1.82, 2.24) is 0 Å². The van der Waals surface area contributed by atoms with E-state index in [0.29, 0.717) is 19.3 Å². The van der Waals surface area contributed by atoms with E-state index in [4.69, 9.17) is 4.74 Å². The van der Waals surface area contributed by atoms with Crippen LogP contribution in [-0.2, 0) is 14.3 Å². The number of carbonyl (C=O) groups is 2. The minimum absolute atomic E-state index is 0.248. The van der Waals surface area contributed by atoms with Gasteiger partial charge >= 0.3 is 5.97 Å². The summed E-state index contributed by atoms with van der Waals surface area (Å²) in [7, 11) is 0. The molecule has 2 saturated carbocycles. The van der Waals surface area contributed by atoms with Crippen LogP contribution in [0.25, 0.3) is 0 Å². The first-order valence-corrected chi connectivity index (χ1v) is 7.11. The van der Waals surface area contributed by atoms with E-state index >= 15 is 0 Å². The van der Waals surface area contributed by atoms with Gasteiger partial charge in [0.1, 0.15) is 12.4 Å². The van der Waals surface area contributed by atoms with Gasteiger partial charge in [-0.25, -0.2) is 4.79 Å². The van der Waals surface area contributed by atoms with Gasteiger partial charge < -0.3 is 19.7 Å². The van der Waals surface area contributed by atoms with E-state index in [1.807, 2.05) is 6.92 Å². The highest BCUT2D eigenvalue weighted by atomic mass is 16.6. The third-order valence-corrected chi connectivity index (χ3v) is 5.61. The predicted molar refractivity (Wildman–Crippen MR) is 69.5 cm³/mol. The standard InChI is InChI=1S/C15H20O5/c1-7-11-9(17)5-15(2)10(18)4-3-8(6-16)12(15)13(11)20-14(7)19/h6,8-13,17-18H,1,3-5H2,2H3/t8-,9+,10-,11-,12-,13+,15+/m1/s1. The van der Waals surface area contributed by atoms with Gasteiger partial charge in [0.05, 0.1) is 18.1 Å². The summed E-state index contributed by atoms with van der Waals surface area (Å²) in [5.41, 5.74) is -0.316. The van der Waals surface area contributed by atoms with Crippen LogP contribution in [0.1, 0.15) is 26.2 Å². The lowest BCUT2D eigenvalue weighted by Crippen LogP contribution is -2.59. The molecule has 2 N–H and O–H groups in total. The molecular formula is C15H20O5. The molecule has 5 nitrogen and oxygen atoms in total. The third kappa shape index (κ3) is 1.63. The maximum atomic E-state index is 11.8. The molecule has 0 unspecified atom stereocenters. The van der Waals surface area contributed by atoms with Gasteiger partial charge in [-0.05, 0) is 19.3 Å². The lowest BCUT2D eigenvalue weighted by molar-refractivity contribution is -0.185. The van der Waals surface area contributed by atoms with Crippen LogP contribution < -0.4 is 0 Å². The van der Waals surface area contributed by atoms with Crippen LogP contribution in [0.2, 0.25) is 0 Å². The molecule has 3 fully saturated rings. The topological polar surface area (TPSA) is 83.8 Å². The molecule has 0 aromatic carbocycles. The second kappa shape index (κ2) is 4.40. The molecule has 1 heterocycles. The number of hydrogen-bond donors (Lipinski definition) is 2. The van der Waals surface area contributed by atoms with Crippen LogP contribution in [0.5, 0.6) is 0 Å². The average Bonchev–Trinajstić information content (AvgIpc) is 2.68. The van der Waals surface area contributed by atoms with Gasteiger partial charge in [-0.2, -0.15) is 0 Å². The first kappa shape index (κ1) is 13.8. The Hall–Kier alpha value is -1.20. The molecule has 0 aromatic rings. The second-order valence-corrected chi connectivity index (χ2v) is 6.62. The zero-order valence-electron chi connectivity index (χ0n) is 11.5. The van der Waals surface area contributed by atoms with Crippen molar-refractivity contribution in [2.24, 2.45) is 23.2 Å². The molecule has 1 aliphatic heterocycles. The van der Waals surface area contributed by atoms with Gasteiger partial charge in [0.25, 0.3) is 0 Å². The van der Waals surface area contributed by atoms with E-state index in [9.17, 15) is 19.8 Å². The van der Waals surface area contributed by atoms with Crippen LogP contribution in [-0.4, -0.2) is 40.8 Å². The molecule has 0 spiro atoms. The smallest absolute Gasteiger partial charge is 0.334 e. The fraction of sp³-hybridized carbons (Fsp3) is 0.733. The highest BCUT2D eigenvalue weighted by Gasteiger charge is 2.62. The molecule has 0 bridgehead atoms. The van der Waals surface area contributed by atoms with Crippen LogP contribution in [0.3, 0.4) is 0 Å². The summed E-state index contributed by atoms with van der Waals surface area (Å²) in [6.45, 7) is 5.60. The van der Waals surface area contributed by atoms with Crippen LogP contribution in [0.15, 0.2) is 12.2 Å². The summed E-state index contributed by atoms with van der Waals surface area (Å²) in [5.74, 6) is -1.44. The molecule has 0 aromatic heterocycles. The molecular weight excluding hydrogens is 260 g/mol. The van der Waals surface area contributed by atoms with Crippen LogP contribution >= 0.6 is 0 Å². The number of rotatable bonds is 1.